The molecule has 1 aliphatic heterocycles. The minimum Gasteiger partial charge on any atom is -0.508 e. The number of rotatable bonds is 5. The lowest BCUT2D eigenvalue weighted by molar-refractivity contribution is 0.135. The molecule has 138 valence electrons. The van der Waals surface area contributed by atoms with E-state index in [1.807, 2.05) is 17.0 Å². The molecule has 1 fully saturated rings. The molecule has 0 aliphatic carbocycles. The highest BCUT2D eigenvalue weighted by molar-refractivity contribution is 5.74. The highest BCUT2D eigenvalue weighted by Gasteiger charge is 2.20. The largest absolute Gasteiger partial charge is 0.508 e. The molecule has 5 nitrogen and oxygen atoms in total. The van der Waals surface area contributed by atoms with Gasteiger partial charge in [0.1, 0.15) is 5.75 Å². The zero-order chi connectivity index (χ0) is 18.4. The molecule has 1 heterocycles. The first-order valence-electron chi connectivity index (χ1n) is 9.19. The summed E-state index contributed by atoms with van der Waals surface area (Å²) in [6.45, 7) is 6.93. The molecule has 2 aromatic rings. The fourth-order valence-electron chi connectivity index (χ4n) is 3.32. The van der Waals surface area contributed by atoms with E-state index in [2.05, 4.69) is 41.4 Å². The molecular weight excluding hydrogens is 326 g/mol. The normalized spacial score (nSPS) is 15.0. The zero-order valence-corrected chi connectivity index (χ0v) is 15.3. The van der Waals surface area contributed by atoms with Crippen molar-refractivity contribution in [3.8, 4) is 5.75 Å². The van der Waals surface area contributed by atoms with E-state index in [1.165, 1.54) is 11.1 Å². The molecule has 0 spiro atoms. The third kappa shape index (κ3) is 5.23. The van der Waals surface area contributed by atoms with Crippen molar-refractivity contribution >= 4 is 6.03 Å². The third-order valence-electron chi connectivity index (χ3n) is 4.75. The Morgan fingerprint density at radius 1 is 1.04 bits per heavy atom. The van der Waals surface area contributed by atoms with Crippen LogP contribution in [-0.4, -0.2) is 53.7 Å². The van der Waals surface area contributed by atoms with Crippen molar-refractivity contribution in [1.29, 1.82) is 0 Å². The van der Waals surface area contributed by atoms with Gasteiger partial charge in [0.2, 0.25) is 0 Å². The van der Waals surface area contributed by atoms with Crippen LogP contribution >= 0.6 is 0 Å². The predicted molar refractivity (Wildman–Crippen MR) is 103 cm³/mol. The number of hydrogen-bond acceptors (Lipinski definition) is 3. The Balaban J connectivity index is 1.39. The van der Waals surface area contributed by atoms with Gasteiger partial charge in [0.05, 0.1) is 0 Å². The SMILES string of the molecule is Cc1cccc(CN2CCN(C(=O)NCCc3cccc(O)c3)CC2)c1. The molecule has 0 saturated carbocycles. The Morgan fingerprint density at radius 2 is 1.77 bits per heavy atom. The molecule has 1 aliphatic rings. The summed E-state index contributed by atoms with van der Waals surface area (Å²) in [5, 5.41) is 12.5. The van der Waals surface area contributed by atoms with E-state index in [4.69, 9.17) is 0 Å². The molecule has 0 bridgehead atoms. The second-order valence-electron chi connectivity index (χ2n) is 6.90. The number of carbonyl (C=O) groups is 1. The van der Waals surface area contributed by atoms with Gasteiger partial charge in [0.15, 0.2) is 0 Å². The van der Waals surface area contributed by atoms with Gasteiger partial charge in [-0.05, 0) is 36.6 Å². The maximum atomic E-state index is 12.3. The summed E-state index contributed by atoms with van der Waals surface area (Å²) < 4.78 is 0. The lowest BCUT2D eigenvalue weighted by Crippen LogP contribution is -2.51. The fraction of sp³-hybridized carbons (Fsp3) is 0.381. The number of nitrogens with zero attached hydrogens (tertiary/aromatic N) is 2. The molecule has 3 rings (SSSR count). The highest BCUT2D eigenvalue weighted by atomic mass is 16.3. The Morgan fingerprint density at radius 3 is 2.50 bits per heavy atom. The van der Waals surface area contributed by atoms with Crippen LogP contribution in [0.3, 0.4) is 0 Å². The molecular formula is C21H27N3O2. The van der Waals surface area contributed by atoms with Gasteiger partial charge in [-0.1, -0.05) is 42.0 Å². The van der Waals surface area contributed by atoms with Crippen LogP contribution in [0.5, 0.6) is 5.75 Å². The van der Waals surface area contributed by atoms with E-state index >= 15 is 0 Å². The molecule has 0 aromatic heterocycles. The Bertz CT molecular complexity index is 740. The number of aryl methyl sites for hydroxylation is 1. The first kappa shape index (κ1) is 18.3. The minimum absolute atomic E-state index is 0.000332. The summed E-state index contributed by atoms with van der Waals surface area (Å²) in [6.07, 6.45) is 0.716. The van der Waals surface area contributed by atoms with E-state index in [-0.39, 0.29) is 11.8 Å². The molecule has 2 N–H and O–H groups in total. The summed E-state index contributed by atoms with van der Waals surface area (Å²) in [7, 11) is 0. The van der Waals surface area contributed by atoms with Crippen molar-refractivity contribution in [3.05, 3.63) is 65.2 Å². The quantitative estimate of drug-likeness (QED) is 0.869. The molecule has 0 atom stereocenters. The van der Waals surface area contributed by atoms with Crippen LogP contribution in [0.1, 0.15) is 16.7 Å². The second kappa shape index (κ2) is 8.72. The molecule has 26 heavy (non-hydrogen) atoms. The standard InChI is InChI=1S/C21H27N3O2/c1-17-4-2-6-19(14-17)16-23-10-12-24(13-11-23)21(26)22-9-8-18-5-3-7-20(25)15-18/h2-7,14-15,25H,8-13,16H2,1H3,(H,22,26). The summed E-state index contributed by atoms with van der Waals surface area (Å²) in [4.78, 5) is 16.6. The van der Waals surface area contributed by atoms with Crippen LogP contribution < -0.4 is 5.32 Å². The van der Waals surface area contributed by atoms with Crippen LogP contribution in [0.4, 0.5) is 4.79 Å². The van der Waals surface area contributed by atoms with Crippen LogP contribution in [-0.2, 0) is 13.0 Å². The summed E-state index contributed by atoms with van der Waals surface area (Å²) >= 11 is 0. The van der Waals surface area contributed by atoms with Crippen LogP contribution in [0, 0.1) is 6.92 Å². The van der Waals surface area contributed by atoms with E-state index in [9.17, 15) is 9.90 Å². The van der Waals surface area contributed by atoms with Crippen LogP contribution in [0.2, 0.25) is 0 Å². The number of aromatic hydroxyl groups is 1. The highest BCUT2D eigenvalue weighted by Crippen LogP contribution is 2.12. The number of phenols is 1. The molecule has 1 saturated heterocycles. The Kier molecular flexibility index (Phi) is 6.12. The molecule has 0 radical (unpaired) electrons. The lowest BCUT2D eigenvalue weighted by atomic mass is 10.1. The van der Waals surface area contributed by atoms with E-state index in [0.29, 0.717) is 13.0 Å². The predicted octanol–water partition coefficient (Wildman–Crippen LogP) is 2.77. The average molecular weight is 353 g/mol. The van der Waals surface area contributed by atoms with Gasteiger partial charge >= 0.3 is 6.03 Å². The Hall–Kier alpha value is -2.53. The van der Waals surface area contributed by atoms with Crippen molar-refractivity contribution in [3.63, 3.8) is 0 Å². The number of nitrogens with one attached hydrogen (secondary N) is 1. The number of phenolic OH excluding ortho intramolecular Hbond substituents is 1. The molecule has 0 unspecified atom stereocenters. The number of urea groups is 1. The van der Waals surface area contributed by atoms with Crippen LogP contribution in [0.15, 0.2) is 48.5 Å². The zero-order valence-electron chi connectivity index (χ0n) is 15.3. The first-order valence-corrected chi connectivity index (χ1v) is 9.19. The van der Waals surface area contributed by atoms with Crippen molar-refractivity contribution < 1.29 is 9.90 Å². The molecule has 5 heteroatoms. The van der Waals surface area contributed by atoms with Crippen molar-refractivity contribution in [2.75, 3.05) is 32.7 Å². The third-order valence-corrected chi connectivity index (χ3v) is 4.75. The van der Waals surface area contributed by atoms with Gasteiger partial charge in [-0.25, -0.2) is 4.79 Å². The van der Waals surface area contributed by atoms with E-state index < -0.39 is 0 Å². The van der Waals surface area contributed by atoms with Crippen LogP contribution in [0.25, 0.3) is 0 Å². The number of hydrogen-bond donors (Lipinski definition) is 2. The first-order chi connectivity index (χ1) is 12.6. The molecule has 2 amide bonds. The van der Waals surface area contributed by atoms with Crippen molar-refractivity contribution in [1.82, 2.24) is 15.1 Å². The van der Waals surface area contributed by atoms with Gasteiger partial charge in [0, 0.05) is 39.3 Å². The van der Waals surface area contributed by atoms with Gasteiger partial charge in [0.25, 0.3) is 0 Å². The number of piperazine rings is 1. The summed E-state index contributed by atoms with van der Waals surface area (Å²) in [6, 6.07) is 15.8. The number of carbonyl (C=O) groups excluding carboxylic acids is 1. The maximum absolute atomic E-state index is 12.3. The van der Waals surface area contributed by atoms with Gasteiger partial charge in [-0.15, -0.1) is 0 Å². The lowest BCUT2D eigenvalue weighted by Gasteiger charge is -2.34. The topological polar surface area (TPSA) is 55.8 Å². The van der Waals surface area contributed by atoms with Crippen molar-refractivity contribution in [2.45, 2.75) is 19.9 Å². The van der Waals surface area contributed by atoms with E-state index in [0.717, 1.165) is 38.3 Å². The molecule has 2 aromatic carbocycles. The average Bonchev–Trinajstić information content (AvgIpc) is 2.62. The van der Waals surface area contributed by atoms with Gasteiger partial charge in [-0.3, -0.25) is 4.90 Å². The van der Waals surface area contributed by atoms with Gasteiger partial charge < -0.3 is 15.3 Å². The number of amides is 2. The monoisotopic (exact) mass is 353 g/mol. The summed E-state index contributed by atoms with van der Waals surface area (Å²) in [5.74, 6) is 0.263. The fourth-order valence-corrected chi connectivity index (χ4v) is 3.32. The van der Waals surface area contributed by atoms with Crippen molar-refractivity contribution in [2.24, 2.45) is 0 Å². The summed E-state index contributed by atoms with van der Waals surface area (Å²) in [5.41, 5.74) is 3.63. The minimum atomic E-state index is 0.000332. The van der Waals surface area contributed by atoms with Gasteiger partial charge in [-0.2, -0.15) is 0 Å². The Labute approximate surface area is 155 Å². The second-order valence-corrected chi connectivity index (χ2v) is 6.90. The number of benzene rings is 2. The van der Waals surface area contributed by atoms with E-state index in [1.54, 1.807) is 12.1 Å². The smallest absolute Gasteiger partial charge is 0.317 e. The maximum Gasteiger partial charge on any atom is 0.317 e.